The van der Waals surface area contributed by atoms with E-state index in [0.717, 1.165) is 36.9 Å². The Hall–Kier alpha value is -2.10. The number of rotatable bonds is 4. The fourth-order valence-electron chi connectivity index (χ4n) is 2.52. The fourth-order valence-corrected chi connectivity index (χ4v) is 3.97. The highest BCUT2D eigenvalue weighted by Crippen LogP contribution is 2.35. The third kappa shape index (κ3) is 3.78. The minimum Gasteiger partial charge on any atom is -0.492 e. The maximum absolute atomic E-state index is 9.57. The minimum absolute atomic E-state index is 0.469. The summed E-state index contributed by atoms with van der Waals surface area (Å²) in [7, 11) is 0. The molecule has 0 aliphatic rings. The van der Waals surface area contributed by atoms with Gasteiger partial charge in [0.2, 0.25) is 0 Å². The van der Waals surface area contributed by atoms with Gasteiger partial charge in [-0.25, -0.2) is 4.98 Å². The van der Waals surface area contributed by atoms with Crippen molar-refractivity contribution in [3.8, 4) is 11.8 Å². The molecule has 0 bridgehead atoms. The number of nitriles is 1. The van der Waals surface area contributed by atoms with Crippen LogP contribution >= 0.6 is 31.9 Å². The lowest BCUT2D eigenvalue weighted by atomic mass is 10.1. The topological polar surface area (TPSA) is 61.7 Å². The average Bonchev–Trinajstić information content (AvgIpc) is 2.98. The predicted molar refractivity (Wildman–Crippen MR) is 107 cm³/mol. The third-order valence-electron chi connectivity index (χ3n) is 3.63. The lowest BCUT2D eigenvalue weighted by molar-refractivity contribution is 0.336. The van der Waals surface area contributed by atoms with E-state index in [4.69, 9.17) is 4.74 Å². The van der Waals surface area contributed by atoms with Crippen molar-refractivity contribution < 1.29 is 4.74 Å². The molecule has 1 heterocycles. The van der Waals surface area contributed by atoms with Gasteiger partial charge in [0.05, 0.1) is 32.2 Å². The number of ether oxygens (including phenoxy) is 1. The molecular formula is C19H15Br2N3O. The summed E-state index contributed by atoms with van der Waals surface area (Å²) in [5.74, 6) is 1.31. The molecule has 25 heavy (non-hydrogen) atoms. The number of aryl methyl sites for hydroxylation is 1. The van der Waals surface area contributed by atoms with Gasteiger partial charge in [0.25, 0.3) is 0 Å². The molecule has 4 nitrogen and oxygen atoms in total. The van der Waals surface area contributed by atoms with E-state index in [9.17, 15) is 5.26 Å². The van der Waals surface area contributed by atoms with Gasteiger partial charge in [-0.1, -0.05) is 6.07 Å². The molecule has 126 valence electrons. The maximum atomic E-state index is 9.57. The SMILES string of the molecule is CCOc1c(Br)cc(C=C(C#N)c2nc3ccc(C)cc3[nH]2)cc1Br. The molecule has 0 atom stereocenters. The molecule has 3 aromatic rings. The Morgan fingerprint density at radius 3 is 2.64 bits per heavy atom. The van der Waals surface area contributed by atoms with E-state index in [1.165, 1.54) is 0 Å². The zero-order chi connectivity index (χ0) is 18.0. The number of H-pyrrole nitrogens is 1. The molecule has 0 fully saturated rings. The van der Waals surface area contributed by atoms with Crippen molar-refractivity contribution in [2.24, 2.45) is 0 Å². The van der Waals surface area contributed by atoms with Crippen LogP contribution in [0.3, 0.4) is 0 Å². The van der Waals surface area contributed by atoms with Crippen molar-refractivity contribution in [3.05, 3.63) is 56.2 Å². The molecular weight excluding hydrogens is 446 g/mol. The Morgan fingerprint density at radius 1 is 1.28 bits per heavy atom. The van der Waals surface area contributed by atoms with E-state index < -0.39 is 0 Å². The summed E-state index contributed by atoms with van der Waals surface area (Å²) in [6, 6.07) is 12.0. The molecule has 0 unspecified atom stereocenters. The minimum atomic E-state index is 0.469. The number of allylic oxidation sites excluding steroid dienone is 1. The molecule has 0 aliphatic heterocycles. The first-order valence-electron chi connectivity index (χ1n) is 7.72. The van der Waals surface area contributed by atoms with Gasteiger partial charge in [-0.2, -0.15) is 5.26 Å². The van der Waals surface area contributed by atoms with Crippen LogP contribution in [-0.2, 0) is 0 Å². The quantitative estimate of drug-likeness (QED) is 0.496. The van der Waals surface area contributed by atoms with Crippen molar-refractivity contribution in [1.29, 1.82) is 5.26 Å². The zero-order valence-corrected chi connectivity index (χ0v) is 16.9. The first-order chi connectivity index (χ1) is 12.0. The third-order valence-corrected chi connectivity index (χ3v) is 4.81. The highest BCUT2D eigenvalue weighted by Gasteiger charge is 2.11. The largest absolute Gasteiger partial charge is 0.492 e. The van der Waals surface area contributed by atoms with Crippen LogP contribution in [0.2, 0.25) is 0 Å². The van der Waals surface area contributed by atoms with Gasteiger partial charge in [0.1, 0.15) is 17.6 Å². The number of imidazole rings is 1. The smallest absolute Gasteiger partial charge is 0.149 e. The van der Waals surface area contributed by atoms with Gasteiger partial charge in [-0.3, -0.25) is 0 Å². The van der Waals surface area contributed by atoms with E-state index in [1.54, 1.807) is 6.08 Å². The monoisotopic (exact) mass is 459 g/mol. The fraction of sp³-hybridized carbons (Fsp3) is 0.158. The Balaban J connectivity index is 2.04. The number of hydrogen-bond donors (Lipinski definition) is 1. The Labute approximate surface area is 162 Å². The molecule has 2 aromatic carbocycles. The summed E-state index contributed by atoms with van der Waals surface area (Å²) in [5.41, 5.74) is 4.25. The summed E-state index contributed by atoms with van der Waals surface area (Å²) in [4.78, 5) is 7.74. The molecule has 0 spiro atoms. The van der Waals surface area contributed by atoms with Gasteiger partial charge in [-0.05, 0) is 87.2 Å². The molecule has 0 radical (unpaired) electrons. The molecule has 6 heteroatoms. The number of hydrogen-bond acceptors (Lipinski definition) is 3. The predicted octanol–water partition coefficient (Wildman–Crippen LogP) is 5.86. The summed E-state index contributed by atoms with van der Waals surface area (Å²) >= 11 is 7.03. The molecule has 1 aromatic heterocycles. The standard InChI is InChI=1S/C19H15Br2N3O/c1-3-25-18-14(20)8-12(9-15(18)21)7-13(10-22)19-23-16-5-4-11(2)6-17(16)24-19/h4-9H,3H2,1-2H3,(H,23,24). The zero-order valence-electron chi connectivity index (χ0n) is 13.7. The molecule has 1 N–H and O–H groups in total. The summed E-state index contributed by atoms with van der Waals surface area (Å²) in [5, 5.41) is 9.57. The lowest BCUT2D eigenvalue weighted by Gasteiger charge is -2.09. The number of aromatic amines is 1. The summed E-state index contributed by atoms with van der Waals surface area (Å²) in [6.45, 7) is 4.54. The van der Waals surface area contributed by atoms with Crippen LogP contribution in [0.4, 0.5) is 0 Å². The molecule has 0 amide bonds. The van der Waals surface area contributed by atoms with Crippen molar-refractivity contribution in [2.45, 2.75) is 13.8 Å². The van der Waals surface area contributed by atoms with Gasteiger partial charge >= 0.3 is 0 Å². The second kappa shape index (κ2) is 7.42. The molecule has 3 rings (SSSR count). The first kappa shape index (κ1) is 17.7. The molecule has 0 saturated carbocycles. The first-order valence-corrected chi connectivity index (χ1v) is 9.30. The number of aromatic nitrogens is 2. The van der Waals surface area contributed by atoms with Crippen molar-refractivity contribution >= 4 is 54.5 Å². The van der Waals surface area contributed by atoms with Crippen LogP contribution in [0.25, 0.3) is 22.7 Å². The van der Waals surface area contributed by atoms with Crippen LogP contribution in [0.5, 0.6) is 5.75 Å². The highest BCUT2D eigenvalue weighted by molar-refractivity contribution is 9.11. The van der Waals surface area contributed by atoms with E-state index in [0.29, 0.717) is 18.0 Å². The van der Waals surface area contributed by atoms with Crippen LogP contribution < -0.4 is 4.74 Å². The van der Waals surface area contributed by atoms with Crippen molar-refractivity contribution in [2.75, 3.05) is 6.61 Å². The Kier molecular flexibility index (Phi) is 5.26. The van der Waals surface area contributed by atoms with E-state index in [1.807, 2.05) is 44.2 Å². The van der Waals surface area contributed by atoms with E-state index in [-0.39, 0.29) is 0 Å². The van der Waals surface area contributed by atoms with Gasteiger partial charge in [0, 0.05) is 0 Å². The Morgan fingerprint density at radius 2 is 2.00 bits per heavy atom. The van der Waals surface area contributed by atoms with Crippen molar-refractivity contribution in [3.63, 3.8) is 0 Å². The Bertz CT molecular complexity index is 992. The number of nitrogens with one attached hydrogen (secondary N) is 1. The normalized spacial score (nSPS) is 11.6. The summed E-state index contributed by atoms with van der Waals surface area (Å²) < 4.78 is 7.24. The van der Waals surface area contributed by atoms with E-state index >= 15 is 0 Å². The summed E-state index contributed by atoms with van der Waals surface area (Å²) in [6.07, 6.45) is 1.80. The van der Waals surface area contributed by atoms with Gasteiger partial charge in [0.15, 0.2) is 0 Å². The number of benzene rings is 2. The average molecular weight is 461 g/mol. The second-order valence-electron chi connectivity index (χ2n) is 5.52. The lowest BCUT2D eigenvalue weighted by Crippen LogP contribution is -1.94. The van der Waals surface area contributed by atoms with Crippen LogP contribution in [0.1, 0.15) is 23.9 Å². The maximum Gasteiger partial charge on any atom is 0.149 e. The van der Waals surface area contributed by atoms with Gasteiger partial charge in [-0.15, -0.1) is 0 Å². The van der Waals surface area contributed by atoms with E-state index in [2.05, 4.69) is 47.9 Å². The molecule has 0 aliphatic carbocycles. The van der Waals surface area contributed by atoms with Crippen LogP contribution in [0.15, 0.2) is 39.3 Å². The van der Waals surface area contributed by atoms with Crippen LogP contribution in [0, 0.1) is 18.3 Å². The van der Waals surface area contributed by atoms with Crippen molar-refractivity contribution in [1.82, 2.24) is 9.97 Å². The number of nitrogens with zero attached hydrogens (tertiary/aromatic N) is 2. The highest BCUT2D eigenvalue weighted by atomic mass is 79.9. The number of fused-ring (bicyclic) bond motifs is 1. The van der Waals surface area contributed by atoms with Crippen LogP contribution in [-0.4, -0.2) is 16.6 Å². The second-order valence-corrected chi connectivity index (χ2v) is 7.23. The molecule has 0 saturated heterocycles. The van der Waals surface area contributed by atoms with Gasteiger partial charge < -0.3 is 9.72 Å². The number of halogens is 2.